The summed E-state index contributed by atoms with van der Waals surface area (Å²) in [4.78, 5) is 11.3. The molecule has 1 unspecified atom stereocenters. The van der Waals surface area contributed by atoms with Crippen LogP contribution in [0.3, 0.4) is 0 Å². The number of anilines is 1. The molecule has 2 N–H and O–H groups in total. The summed E-state index contributed by atoms with van der Waals surface area (Å²) in [6.45, 7) is 5.83. The fraction of sp³-hybridized carbons (Fsp3) is 0.700. The number of methoxy groups -OCH3 is 1. The molecule has 6 nitrogen and oxygen atoms in total. The van der Waals surface area contributed by atoms with Crippen molar-refractivity contribution in [2.24, 2.45) is 5.92 Å². The number of hydrogen-bond donors (Lipinski definition) is 1. The van der Waals surface area contributed by atoms with Crippen LogP contribution in [0.15, 0.2) is 5.16 Å². The maximum absolute atomic E-state index is 11.3. The summed E-state index contributed by atoms with van der Waals surface area (Å²) in [5.41, 5.74) is 5.72. The molecule has 0 aliphatic heterocycles. The summed E-state index contributed by atoms with van der Waals surface area (Å²) >= 11 is 1.46. The van der Waals surface area contributed by atoms with Gasteiger partial charge in [-0.15, -0.1) is 10.2 Å². The van der Waals surface area contributed by atoms with Gasteiger partial charge in [-0.1, -0.05) is 18.7 Å². The largest absolute Gasteiger partial charge is 0.469 e. The highest BCUT2D eigenvalue weighted by molar-refractivity contribution is 7.99. The van der Waals surface area contributed by atoms with Crippen molar-refractivity contribution in [2.45, 2.75) is 32.0 Å². The number of ether oxygens (including phenoxy) is 1. The molecule has 96 valence electrons. The fourth-order valence-electron chi connectivity index (χ4n) is 1.34. The number of hydrogen-bond acceptors (Lipinski definition) is 6. The van der Waals surface area contributed by atoms with Gasteiger partial charge in [-0.05, 0) is 13.8 Å². The maximum Gasteiger partial charge on any atom is 0.309 e. The second-order valence-electron chi connectivity index (χ2n) is 4.04. The molecule has 1 heterocycles. The molecule has 0 aliphatic rings. The van der Waals surface area contributed by atoms with Gasteiger partial charge in [0, 0.05) is 11.8 Å². The Morgan fingerprint density at radius 3 is 2.65 bits per heavy atom. The van der Waals surface area contributed by atoms with Gasteiger partial charge in [0.2, 0.25) is 5.95 Å². The highest BCUT2D eigenvalue weighted by atomic mass is 32.2. The predicted octanol–water partition coefficient (Wildman–Crippen LogP) is 1.34. The van der Waals surface area contributed by atoms with Crippen LogP contribution in [-0.2, 0) is 9.53 Å². The first kappa shape index (κ1) is 13.8. The standard InChI is InChI=1S/C10H18N4O2S/c1-6(2)14-9(11)12-13-10(14)17-5-7(3)8(15)16-4/h6-7H,5H2,1-4H3,(H2,11,12). The molecule has 1 aromatic rings. The SMILES string of the molecule is COC(=O)C(C)CSc1nnc(N)n1C(C)C. The Balaban J connectivity index is 2.67. The Hall–Kier alpha value is -1.24. The van der Waals surface area contributed by atoms with E-state index in [0.29, 0.717) is 11.7 Å². The molecule has 0 fully saturated rings. The van der Waals surface area contributed by atoms with Gasteiger partial charge in [-0.3, -0.25) is 9.36 Å². The maximum atomic E-state index is 11.3. The number of nitrogens with two attached hydrogens (primary N) is 1. The highest BCUT2D eigenvalue weighted by Crippen LogP contribution is 2.24. The zero-order chi connectivity index (χ0) is 13.0. The van der Waals surface area contributed by atoms with Crippen LogP contribution in [0.4, 0.5) is 5.95 Å². The number of carbonyl (C=O) groups is 1. The second kappa shape index (κ2) is 5.90. The van der Waals surface area contributed by atoms with Gasteiger partial charge >= 0.3 is 5.97 Å². The molecule has 1 rings (SSSR count). The van der Waals surface area contributed by atoms with Crippen molar-refractivity contribution >= 4 is 23.7 Å². The van der Waals surface area contributed by atoms with Crippen molar-refractivity contribution < 1.29 is 9.53 Å². The van der Waals surface area contributed by atoms with Crippen molar-refractivity contribution in [3.63, 3.8) is 0 Å². The van der Waals surface area contributed by atoms with E-state index >= 15 is 0 Å². The fourth-order valence-corrected chi connectivity index (χ4v) is 2.42. The normalized spacial score (nSPS) is 12.8. The third-order valence-corrected chi connectivity index (χ3v) is 3.48. The number of carbonyl (C=O) groups excluding carboxylic acids is 1. The molecule has 1 atom stereocenters. The van der Waals surface area contributed by atoms with E-state index in [9.17, 15) is 4.79 Å². The van der Waals surface area contributed by atoms with Crippen molar-refractivity contribution in [3.05, 3.63) is 0 Å². The summed E-state index contributed by atoms with van der Waals surface area (Å²) in [6.07, 6.45) is 0. The lowest BCUT2D eigenvalue weighted by molar-refractivity contribution is -0.143. The van der Waals surface area contributed by atoms with Crippen molar-refractivity contribution in [3.8, 4) is 0 Å². The molecule has 0 aromatic carbocycles. The first-order chi connectivity index (χ1) is 7.97. The van der Waals surface area contributed by atoms with Gasteiger partial charge in [-0.2, -0.15) is 0 Å². The molecule has 0 spiro atoms. The lowest BCUT2D eigenvalue weighted by atomic mass is 10.2. The first-order valence-corrected chi connectivity index (χ1v) is 6.37. The van der Waals surface area contributed by atoms with E-state index in [-0.39, 0.29) is 17.9 Å². The smallest absolute Gasteiger partial charge is 0.309 e. The summed E-state index contributed by atoms with van der Waals surface area (Å²) < 4.78 is 6.51. The minimum Gasteiger partial charge on any atom is -0.469 e. The van der Waals surface area contributed by atoms with Crippen LogP contribution < -0.4 is 5.73 Å². The monoisotopic (exact) mass is 258 g/mol. The third-order valence-electron chi connectivity index (χ3n) is 2.27. The molecule has 17 heavy (non-hydrogen) atoms. The van der Waals surface area contributed by atoms with Crippen molar-refractivity contribution in [2.75, 3.05) is 18.6 Å². The van der Waals surface area contributed by atoms with Gasteiger partial charge in [0.1, 0.15) is 0 Å². The van der Waals surface area contributed by atoms with Crippen molar-refractivity contribution in [1.82, 2.24) is 14.8 Å². The van der Waals surface area contributed by atoms with E-state index in [4.69, 9.17) is 5.73 Å². The Morgan fingerprint density at radius 2 is 2.12 bits per heavy atom. The van der Waals surface area contributed by atoms with Crippen LogP contribution in [-0.4, -0.2) is 33.6 Å². The number of aromatic nitrogens is 3. The number of thioether (sulfide) groups is 1. The van der Waals surface area contributed by atoms with Gasteiger partial charge < -0.3 is 10.5 Å². The van der Waals surface area contributed by atoms with E-state index in [1.54, 1.807) is 0 Å². The van der Waals surface area contributed by atoms with Crippen LogP contribution in [0.1, 0.15) is 26.8 Å². The average molecular weight is 258 g/mol. The van der Waals surface area contributed by atoms with Gasteiger partial charge in [-0.25, -0.2) is 0 Å². The predicted molar refractivity (Wildman–Crippen MR) is 66.7 cm³/mol. The highest BCUT2D eigenvalue weighted by Gasteiger charge is 2.17. The molecular formula is C10H18N4O2S. The lowest BCUT2D eigenvalue weighted by Crippen LogP contribution is -2.15. The molecule has 0 amide bonds. The van der Waals surface area contributed by atoms with Crippen molar-refractivity contribution in [1.29, 1.82) is 0 Å². The van der Waals surface area contributed by atoms with Crippen LogP contribution in [0, 0.1) is 5.92 Å². The number of esters is 1. The van der Waals surface area contributed by atoms with Crippen LogP contribution in [0.25, 0.3) is 0 Å². The quantitative estimate of drug-likeness (QED) is 0.634. The summed E-state index contributed by atoms with van der Waals surface area (Å²) in [5.74, 6) is 0.593. The molecule has 0 radical (unpaired) electrons. The summed E-state index contributed by atoms with van der Waals surface area (Å²) in [6, 6.07) is 0.195. The Morgan fingerprint density at radius 1 is 1.47 bits per heavy atom. The van der Waals surface area contributed by atoms with E-state index in [0.717, 1.165) is 5.16 Å². The van der Waals surface area contributed by atoms with E-state index in [1.807, 2.05) is 25.3 Å². The number of rotatable bonds is 5. The minimum absolute atomic E-state index is 0.177. The van der Waals surface area contributed by atoms with Crippen LogP contribution in [0.2, 0.25) is 0 Å². The zero-order valence-corrected chi connectivity index (χ0v) is 11.3. The zero-order valence-electron chi connectivity index (χ0n) is 10.5. The van der Waals surface area contributed by atoms with Gasteiger partial charge in [0.15, 0.2) is 5.16 Å². The third kappa shape index (κ3) is 3.36. The molecule has 0 saturated carbocycles. The van der Waals surface area contributed by atoms with E-state index < -0.39 is 0 Å². The molecule has 7 heteroatoms. The average Bonchev–Trinajstić information content (AvgIpc) is 2.66. The molecular weight excluding hydrogens is 240 g/mol. The summed E-state index contributed by atoms with van der Waals surface area (Å²) in [7, 11) is 1.39. The molecule has 0 saturated heterocycles. The topological polar surface area (TPSA) is 83.0 Å². The number of nitrogen functional groups attached to an aromatic ring is 1. The number of nitrogens with zero attached hydrogens (tertiary/aromatic N) is 3. The first-order valence-electron chi connectivity index (χ1n) is 5.38. The van der Waals surface area contributed by atoms with E-state index in [2.05, 4.69) is 14.9 Å². The lowest BCUT2D eigenvalue weighted by Gasteiger charge is -2.12. The Labute approximate surface area is 105 Å². The van der Waals surface area contributed by atoms with Gasteiger partial charge in [0.05, 0.1) is 13.0 Å². The molecule has 0 bridgehead atoms. The summed E-state index contributed by atoms with van der Waals surface area (Å²) in [5, 5.41) is 8.56. The van der Waals surface area contributed by atoms with E-state index in [1.165, 1.54) is 18.9 Å². The Bertz CT molecular complexity index is 392. The van der Waals surface area contributed by atoms with Crippen LogP contribution >= 0.6 is 11.8 Å². The Kier molecular flexibility index (Phi) is 4.80. The second-order valence-corrected chi connectivity index (χ2v) is 5.03. The molecule has 0 aliphatic carbocycles. The van der Waals surface area contributed by atoms with Gasteiger partial charge in [0.25, 0.3) is 0 Å². The van der Waals surface area contributed by atoms with Crippen LogP contribution in [0.5, 0.6) is 0 Å². The minimum atomic E-state index is -0.221. The molecule has 1 aromatic heterocycles.